The Hall–Kier alpha value is -5.91. The Labute approximate surface area is 300 Å². The monoisotopic (exact) mass is 699 g/mol. The molecule has 0 atom stereocenters. The minimum absolute atomic E-state index is 0.108. The average Bonchev–Trinajstić information content (AvgIpc) is 3.18. The first-order valence-electron chi connectivity index (χ1n) is 17.0. The fourth-order valence-corrected chi connectivity index (χ4v) is 4.25. The van der Waals surface area contributed by atoms with Crippen molar-refractivity contribution in [1.82, 2.24) is 0 Å². The second-order valence-electron chi connectivity index (χ2n) is 9.17. The molecule has 0 heterocycles. The molecule has 1 N–H and O–H groups in total. The van der Waals surface area contributed by atoms with Crippen LogP contribution in [0.5, 0.6) is 0 Å². The van der Waals surface area contributed by atoms with Crippen molar-refractivity contribution in [2.24, 2.45) is 20.5 Å². The summed E-state index contributed by atoms with van der Waals surface area (Å²) in [6.07, 6.45) is 0. The number of hydrogen-bond acceptors (Lipinski definition) is 9. The minimum Gasteiger partial charge on any atom is -0.382 e. The second-order valence-corrected chi connectivity index (χ2v) is 9.17. The van der Waals surface area contributed by atoms with Gasteiger partial charge < -0.3 is 5.32 Å². The molecule has 0 aliphatic rings. The van der Waals surface area contributed by atoms with Gasteiger partial charge in [0.1, 0.15) is 5.69 Å². The molecule has 0 spiro atoms. The third-order valence-corrected chi connectivity index (χ3v) is 6.44. The van der Waals surface area contributed by atoms with Crippen LogP contribution in [0.25, 0.3) is 10.8 Å². The molecule has 5 aromatic rings. The molecule has 51 heavy (non-hydrogen) atoms. The number of benzene rings is 5. The van der Waals surface area contributed by atoms with Gasteiger partial charge in [0.2, 0.25) is 5.82 Å². The Morgan fingerprint density at radius 1 is 0.569 bits per heavy atom. The van der Waals surface area contributed by atoms with Crippen LogP contribution in [-0.4, -0.2) is 16.9 Å². The molecule has 0 fully saturated rings. The molecule has 0 saturated carbocycles. The van der Waals surface area contributed by atoms with Crippen LogP contribution in [0.3, 0.4) is 0 Å². The van der Waals surface area contributed by atoms with Crippen molar-refractivity contribution in [3.63, 3.8) is 0 Å². The Morgan fingerprint density at radius 3 is 1.31 bits per heavy atom. The number of halogens is 1. The van der Waals surface area contributed by atoms with Crippen molar-refractivity contribution in [3.05, 3.63) is 134 Å². The zero-order valence-corrected chi connectivity index (χ0v) is 31.4. The summed E-state index contributed by atoms with van der Waals surface area (Å²) in [7, 11) is 1.35. The standard InChI is InChI=1S/C24H20N4.C7H6FN3O4.4C2H6/c1-17-22(27-25-20-9-5-3-6-10-20)15-13-19-14-16-23(18(2)24(17)19)28-26-21-11-7-4-8-12-21;1-9-5-2-4(8)6(10(12)13)3-7(5)11(14)15;4*1-2/h3-16H,1-2H3;2-3,9H,1H3;4*1-2H3. The van der Waals surface area contributed by atoms with E-state index in [1.165, 1.54) is 7.05 Å². The van der Waals surface area contributed by atoms with E-state index in [0.29, 0.717) is 6.07 Å². The van der Waals surface area contributed by atoms with Gasteiger partial charge in [-0.05, 0) is 72.1 Å². The highest BCUT2D eigenvalue weighted by Crippen LogP contribution is 2.36. The van der Waals surface area contributed by atoms with Gasteiger partial charge in [0.25, 0.3) is 5.69 Å². The number of nitro groups is 2. The van der Waals surface area contributed by atoms with Crippen LogP contribution in [0.1, 0.15) is 66.5 Å². The summed E-state index contributed by atoms with van der Waals surface area (Å²) < 4.78 is 13.0. The van der Waals surface area contributed by atoms with Gasteiger partial charge in [-0.25, -0.2) is 0 Å². The molecule has 272 valence electrons. The largest absolute Gasteiger partial charge is 0.382 e. The number of azo groups is 2. The van der Waals surface area contributed by atoms with E-state index in [2.05, 4.69) is 51.8 Å². The maximum atomic E-state index is 13.0. The summed E-state index contributed by atoms with van der Waals surface area (Å²) >= 11 is 0. The van der Waals surface area contributed by atoms with E-state index in [1.807, 2.05) is 128 Å². The highest BCUT2D eigenvalue weighted by molar-refractivity contribution is 5.94. The van der Waals surface area contributed by atoms with E-state index in [0.717, 1.165) is 50.7 Å². The summed E-state index contributed by atoms with van der Waals surface area (Å²) in [6.45, 7) is 20.2. The zero-order valence-electron chi connectivity index (χ0n) is 31.4. The summed E-state index contributed by atoms with van der Waals surface area (Å²) in [4.78, 5) is 19.0. The molecular formula is C39H50FN7O4. The van der Waals surface area contributed by atoms with Crippen LogP contribution in [0.2, 0.25) is 0 Å². The quantitative estimate of drug-likeness (QED) is 0.102. The molecule has 0 unspecified atom stereocenters. The molecule has 0 aromatic heterocycles. The third-order valence-electron chi connectivity index (χ3n) is 6.44. The summed E-state index contributed by atoms with van der Waals surface area (Å²) in [5.74, 6) is -1.12. The number of nitrogens with one attached hydrogen (secondary N) is 1. The fourth-order valence-electron chi connectivity index (χ4n) is 4.25. The van der Waals surface area contributed by atoms with E-state index in [-0.39, 0.29) is 5.69 Å². The first-order chi connectivity index (χ1) is 24.7. The average molecular weight is 700 g/mol. The van der Waals surface area contributed by atoms with Gasteiger partial charge in [-0.1, -0.05) is 104 Å². The highest BCUT2D eigenvalue weighted by atomic mass is 19.1. The fraction of sp³-hybridized carbons (Fsp3) is 0.282. The maximum absolute atomic E-state index is 13.0. The predicted octanol–water partition coefficient (Wildman–Crippen LogP) is 14.1. The zero-order chi connectivity index (χ0) is 38.9. The lowest BCUT2D eigenvalue weighted by Crippen LogP contribution is -2.00. The Morgan fingerprint density at radius 2 is 0.961 bits per heavy atom. The van der Waals surface area contributed by atoms with Gasteiger partial charge >= 0.3 is 5.69 Å². The molecule has 0 aliphatic heterocycles. The smallest absolute Gasteiger partial charge is 0.311 e. The van der Waals surface area contributed by atoms with Crippen LogP contribution in [0, 0.1) is 39.9 Å². The van der Waals surface area contributed by atoms with Crippen LogP contribution < -0.4 is 5.32 Å². The van der Waals surface area contributed by atoms with E-state index < -0.39 is 27.0 Å². The second kappa shape index (κ2) is 25.1. The number of aryl methyl sites for hydroxylation is 2. The Kier molecular flexibility index (Phi) is 22.2. The number of hydrogen-bond donors (Lipinski definition) is 1. The van der Waals surface area contributed by atoms with Crippen molar-refractivity contribution < 1.29 is 14.2 Å². The molecule has 0 amide bonds. The van der Waals surface area contributed by atoms with E-state index in [9.17, 15) is 24.6 Å². The van der Waals surface area contributed by atoms with Crippen molar-refractivity contribution in [2.45, 2.75) is 69.2 Å². The summed E-state index contributed by atoms with van der Waals surface area (Å²) in [6, 6.07) is 29.0. The van der Waals surface area contributed by atoms with Crippen LogP contribution >= 0.6 is 0 Å². The maximum Gasteiger partial charge on any atom is 0.311 e. The molecule has 5 rings (SSSR count). The molecule has 0 radical (unpaired) electrons. The number of nitrogens with zero attached hydrogens (tertiary/aromatic N) is 6. The molecule has 0 aliphatic carbocycles. The number of fused-ring (bicyclic) bond motifs is 1. The van der Waals surface area contributed by atoms with Crippen LogP contribution in [-0.2, 0) is 0 Å². The SMILES string of the molecule is CC.CC.CC.CC.CNc1cc(F)c([N+](=O)[O-])cc1[N+](=O)[O-].Cc1c(N=Nc2ccccc2)ccc2ccc(N=Nc3ccccc3)c(C)c12. The van der Waals surface area contributed by atoms with Gasteiger partial charge in [0.15, 0.2) is 0 Å². The lowest BCUT2D eigenvalue weighted by atomic mass is 9.98. The van der Waals surface area contributed by atoms with Crippen molar-refractivity contribution in [1.29, 1.82) is 0 Å². The lowest BCUT2D eigenvalue weighted by molar-refractivity contribution is -0.395. The molecule has 5 aromatic carbocycles. The molecular weight excluding hydrogens is 649 g/mol. The summed E-state index contributed by atoms with van der Waals surface area (Å²) in [5.41, 5.74) is 4.01. The minimum atomic E-state index is -1.12. The van der Waals surface area contributed by atoms with E-state index in [1.54, 1.807) is 0 Å². The third kappa shape index (κ3) is 13.5. The topological polar surface area (TPSA) is 148 Å². The van der Waals surface area contributed by atoms with Crippen LogP contribution in [0.15, 0.2) is 118 Å². The van der Waals surface area contributed by atoms with Gasteiger partial charge in [-0.15, -0.1) is 0 Å². The van der Waals surface area contributed by atoms with Gasteiger partial charge in [0.05, 0.1) is 38.7 Å². The van der Waals surface area contributed by atoms with Gasteiger partial charge in [-0.3, -0.25) is 20.2 Å². The Bertz CT molecular complexity index is 1760. The number of rotatable bonds is 7. The van der Waals surface area contributed by atoms with E-state index >= 15 is 0 Å². The Balaban J connectivity index is 0.000000923. The van der Waals surface area contributed by atoms with Gasteiger partial charge in [0, 0.05) is 13.1 Å². The predicted molar refractivity (Wildman–Crippen MR) is 209 cm³/mol. The normalized spacial score (nSPS) is 9.73. The summed E-state index contributed by atoms with van der Waals surface area (Å²) in [5, 5.41) is 43.1. The first kappa shape index (κ1) is 45.1. The molecule has 11 nitrogen and oxygen atoms in total. The number of anilines is 1. The van der Waals surface area contributed by atoms with Crippen LogP contribution in [0.4, 0.5) is 44.2 Å². The van der Waals surface area contributed by atoms with Gasteiger partial charge in [-0.2, -0.15) is 24.8 Å². The van der Waals surface area contributed by atoms with Crippen molar-refractivity contribution >= 4 is 50.6 Å². The first-order valence-corrected chi connectivity index (χ1v) is 17.0. The molecule has 12 heteroatoms. The lowest BCUT2D eigenvalue weighted by Gasteiger charge is -2.10. The highest BCUT2D eigenvalue weighted by Gasteiger charge is 2.24. The van der Waals surface area contributed by atoms with E-state index in [4.69, 9.17) is 0 Å². The van der Waals surface area contributed by atoms with Crippen molar-refractivity contribution in [2.75, 3.05) is 12.4 Å². The number of nitro benzene ring substituents is 2. The van der Waals surface area contributed by atoms with Crippen molar-refractivity contribution in [3.8, 4) is 0 Å². The molecule has 0 saturated heterocycles. The molecule has 0 bridgehead atoms.